The van der Waals surface area contributed by atoms with E-state index in [1.165, 1.54) is 12.8 Å². The van der Waals surface area contributed by atoms with Gasteiger partial charge in [0.2, 0.25) is 5.91 Å². The van der Waals surface area contributed by atoms with Gasteiger partial charge in [0.05, 0.1) is 5.41 Å². The van der Waals surface area contributed by atoms with Crippen LogP contribution in [0.5, 0.6) is 0 Å². The quantitative estimate of drug-likeness (QED) is 0.867. The van der Waals surface area contributed by atoms with Crippen molar-refractivity contribution in [2.45, 2.75) is 44.9 Å². The summed E-state index contributed by atoms with van der Waals surface area (Å²) < 4.78 is 0. The number of nitrogens with one attached hydrogen (secondary N) is 1. The minimum absolute atomic E-state index is 0.0865. The summed E-state index contributed by atoms with van der Waals surface area (Å²) in [6, 6.07) is 9.94. The van der Waals surface area contributed by atoms with E-state index >= 15 is 0 Å². The molecular formula is C17H26N2O. The second-order valence-corrected chi connectivity index (χ2v) is 6.58. The van der Waals surface area contributed by atoms with Crippen LogP contribution in [0, 0.1) is 5.41 Å². The Labute approximate surface area is 121 Å². The summed E-state index contributed by atoms with van der Waals surface area (Å²) >= 11 is 0. The van der Waals surface area contributed by atoms with Gasteiger partial charge in [0.25, 0.3) is 0 Å². The largest absolute Gasteiger partial charge is 0.355 e. The van der Waals surface area contributed by atoms with Gasteiger partial charge in [-0.1, -0.05) is 43.2 Å². The number of hydrogen-bond donors (Lipinski definition) is 2. The number of benzene rings is 1. The van der Waals surface area contributed by atoms with Crippen LogP contribution in [0.15, 0.2) is 30.3 Å². The predicted molar refractivity (Wildman–Crippen MR) is 82.4 cm³/mol. The van der Waals surface area contributed by atoms with Crippen LogP contribution in [0.1, 0.15) is 45.1 Å². The summed E-state index contributed by atoms with van der Waals surface area (Å²) in [6.45, 7) is 5.32. The Balaban J connectivity index is 2.01. The van der Waals surface area contributed by atoms with Gasteiger partial charge in [-0.05, 0) is 44.2 Å². The normalized spacial score (nSPS) is 17.9. The molecule has 0 aromatic heterocycles. The minimum atomic E-state index is -0.504. The molecule has 0 saturated heterocycles. The maximum atomic E-state index is 12.5. The molecule has 1 aliphatic rings. The molecule has 1 amide bonds. The third kappa shape index (κ3) is 3.04. The van der Waals surface area contributed by atoms with Gasteiger partial charge >= 0.3 is 0 Å². The highest BCUT2D eigenvalue weighted by atomic mass is 16.2. The van der Waals surface area contributed by atoms with Gasteiger partial charge in [-0.3, -0.25) is 4.79 Å². The summed E-state index contributed by atoms with van der Waals surface area (Å²) in [4.78, 5) is 12.5. The van der Waals surface area contributed by atoms with Gasteiger partial charge in [-0.2, -0.15) is 0 Å². The zero-order valence-corrected chi connectivity index (χ0v) is 12.6. The minimum Gasteiger partial charge on any atom is -0.355 e. The monoisotopic (exact) mass is 274 g/mol. The van der Waals surface area contributed by atoms with Crippen LogP contribution >= 0.6 is 0 Å². The highest BCUT2D eigenvalue weighted by Gasteiger charge is 2.35. The van der Waals surface area contributed by atoms with Crippen molar-refractivity contribution >= 4 is 5.91 Å². The zero-order valence-electron chi connectivity index (χ0n) is 12.6. The smallest absolute Gasteiger partial charge is 0.230 e. The molecule has 0 unspecified atom stereocenters. The first-order valence-electron chi connectivity index (χ1n) is 7.54. The molecule has 3 N–H and O–H groups in total. The molecule has 1 aliphatic carbocycles. The first-order valence-corrected chi connectivity index (χ1v) is 7.54. The molecule has 20 heavy (non-hydrogen) atoms. The summed E-state index contributed by atoms with van der Waals surface area (Å²) in [5.74, 6) is 0.0865. The van der Waals surface area contributed by atoms with Crippen molar-refractivity contribution in [2.24, 2.45) is 11.1 Å². The summed E-state index contributed by atoms with van der Waals surface area (Å²) in [5, 5.41) is 3.14. The van der Waals surface area contributed by atoms with Crippen molar-refractivity contribution in [1.82, 2.24) is 5.32 Å². The van der Waals surface area contributed by atoms with Crippen molar-refractivity contribution in [3.05, 3.63) is 35.9 Å². The van der Waals surface area contributed by atoms with E-state index < -0.39 is 5.41 Å². The second kappa shape index (κ2) is 5.96. The number of rotatable bonds is 5. The van der Waals surface area contributed by atoms with Crippen LogP contribution in [-0.2, 0) is 10.2 Å². The Morgan fingerprint density at radius 3 is 2.40 bits per heavy atom. The molecule has 0 bridgehead atoms. The lowest BCUT2D eigenvalue weighted by molar-refractivity contribution is -0.126. The molecule has 0 spiro atoms. The molecule has 2 rings (SSSR count). The van der Waals surface area contributed by atoms with Crippen molar-refractivity contribution < 1.29 is 4.79 Å². The van der Waals surface area contributed by atoms with Crippen LogP contribution in [0.3, 0.4) is 0 Å². The molecule has 0 heterocycles. The molecule has 3 heteroatoms. The summed E-state index contributed by atoms with van der Waals surface area (Å²) in [5.41, 5.74) is 6.59. The highest BCUT2D eigenvalue weighted by molar-refractivity contribution is 5.87. The average molecular weight is 274 g/mol. The number of hydrogen-bond acceptors (Lipinski definition) is 2. The van der Waals surface area contributed by atoms with Gasteiger partial charge in [-0.25, -0.2) is 0 Å². The Bertz CT molecular complexity index is 447. The first-order chi connectivity index (χ1) is 9.50. The molecule has 110 valence electrons. The van der Waals surface area contributed by atoms with Gasteiger partial charge in [-0.15, -0.1) is 0 Å². The average Bonchev–Trinajstić information content (AvgIpc) is 2.95. The number of carbonyl (C=O) groups excluding carboxylic acids is 1. The predicted octanol–water partition coefficient (Wildman–Crippen LogP) is 2.60. The zero-order chi connectivity index (χ0) is 14.6. The molecular weight excluding hydrogens is 248 g/mol. The van der Waals surface area contributed by atoms with Crippen LogP contribution in [0.25, 0.3) is 0 Å². The molecule has 3 nitrogen and oxygen atoms in total. The van der Waals surface area contributed by atoms with Crippen molar-refractivity contribution in [3.8, 4) is 0 Å². The lowest BCUT2D eigenvalue weighted by atomic mass is 9.82. The van der Waals surface area contributed by atoms with Crippen LogP contribution in [0.4, 0.5) is 0 Å². The van der Waals surface area contributed by atoms with E-state index in [1.54, 1.807) is 0 Å². The molecule has 1 aromatic carbocycles. The number of nitrogens with two attached hydrogens (primary N) is 1. The molecule has 1 fully saturated rings. The van der Waals surface area contributed by atoms with Crippen LogP contribution < -0.4 is 11.1 Å². The molecule has 1 saturated carbocycles. The summed E-state index contributed by atoms with van der Waals surface area (Å²) in [6.07, 6.45) is 4.73. The van der Waals surface area contributed by atoms with E-state index in [1.807, 2.05) is 44.2 Å². The van der Waals surface area contributed by atoms with E-state index in [9.17, 15) is 4.79 Å². The standard InChI is InChI=1S/C17H26N2O/c1-16(2,14-8-4-3-5-9-14)15(20)19-13-17(12-18)10-6-7-11-17/h3-5,8-9H,6-7,10-13,18H2,1-2H3,(H,19,20). The maximum Gasteiger partial charge on any atom is 0.230 e. The summed E-state index contributed by atoms with van der Waals surface area (Å²) in [7, 11) is 0. The third-order valence-electron chi connectivity index (χ3n) is 4.78. The lowest BCUT2D eigenvalue weighted by Crippen LogP contribution is -2.46. The van der Waals surface area contributed by atoms with Crippen molar-refractivity contribution in [3.63, 3.8) is 0 Å². The fraction of sp³-hybridized carbons (Fsp3) is 0.588. The maximum absolute atomic E-state index is 12.5. The molecule has 0 aliphatic heterocycles. The lowest BCUT2D eigenvalue weighted by Gasteiger charge is -2.30. The Morgan fingerprint density at radius 1 is 1.25 bits per heavy atom. The fourth-order valence-corrected chi connectivity index (χ4v) is 3.05. The molecule has 1 aromatic rings. The topological polar surface area (TPSA) is 55.1 Å². The van der Waals surface area contributed by atoms with Crippen molar-refractivity contribution in [1.29, 1.82) is 0 Å². The van der Waals surface area contributed by atoms with E-state index in [-0.39, 0.29) is 11.3 Å². The number of amides is 1. The first kappa shape index (κ1) is 15.0. The van der Waals surface area contributed by atoms with E-state index in [4.69, 9.17) is 5.73 Å². The van der Waals surface area contributed by atoms with Gasteiger partial charge in [0, 0.05) is 6.54 Å². The second-order valence-electron chi connectivity index (χ2n) is 6.58. The van der Waals surface area contributed by atoms with E-state index in [0.717, 1.165) is 18.4 Å². The fourth-order valence-electron chi connectivity index (χ4n) is 3.05. The van der Waals surface area contributed by atoms with Crippen molar-refractivity contribution in [2.75, 3.05) is 13.1 Å². The molecule has 0 atom stereocenters. The van der Waals surface area contributed by atoms with Gasteiger partial charge in [0.1, 0.15) is 0 Å². The van der Waals surface area contributed by atoms with Crippen LogP contribution in [0.2, 0.25) is 0 Å². The number of carbonyl (C=O) groups is 1. The molecule has 0 radical (unpaired) electrons. The Kier molecular flexibility index (Phi) is 4.48. The van der Waals surface area contributed by atoms with Crippen LogP contribution in [-0.4, -0.2) is 19.0 Å². The Hall–Kier alpha value is -1.35. The van der Waals surface area contributed by atoms with Gasteiger partial charge in [0.15, 0.2) is 0 Å². The third-order valence-corrected chi connectivity index (χ3v) is 4.78. The highest BCUT2D eigenvalue weighted by Crippen LogP contribution is 2.36. The van der Waals surface area contributed by atoms with E-state index in [0.29, 0.717) is 13.1 Å². The Morgan fingerprint density at radius 2 is 1.85 bits per heavy atom. The van der Waals surface area contributed by atoms with E-state index in [2.05, 4.69) is 5.32 Å². The van der Waals surface area contributed by atoms with Gasteiger partial charge < -0.3 is 11.1 Å². The SMILES string of the molecule is CC(C)(C(=O)NCC1(CN)CCCC1)c1ccccc1.